The molecule has 0 saturated heterocycles. The van der Waals surface area contributed by atoms with Crippen molar-refractivity contribution >= 4 is 23.8 Å². The minimum atomic E-state index is -1.13. The van der Waals surface area contributed by atoms with Crippen LogP contribution in [-0.4, -0.2) is 60.1 Å². The summed E-state index contributed by atoms with van der Waals surface area (Å²) >= 11 is 0. The first-order chi connectivity index (χ1) is 11.4. The molecule has 1 N–H and O–H groups in total. The van der Waals surface area contributed by atoms with Gasteiger partial charge in [0, 0.05) is 6.42 Å². The smallest absolute Gasteiger partial charge is 0.325 e. The first kappa shape index (κ1) is 21.9. The third-order valence-electron chi connectivity index (χ3n) is 3.07. The topological polar surface area (TPSA) is 110 Å². The van der Waals surface area contributed by atoms with E-state index in [-0.39, 0.29) is 26.1 Å². The Balaban J connectivity index is 4.57. The fraction of sp³-hybridized carbons (Fsp3) is 0.750. The maximum Gasteiger partial charge on any atom is 0.325 e. The van der Waals surface area contributed by atoms with Crippen molar-refractivity contribution in [3.05, 3.63) is 0 Å². The van der Waals surface area contributed by atoms with Crippen molar-refractivity contribution in [3.8, 4) is 0 Å². The molecule has 24 heavy (non-hydrogen) atoms. The van der Waals surface area contributed by atoms with Crippen LogP contribution in [0.15, 0.2) is 0 Å². The largest absolute Gasteiger partial charge is 0.481 e. The second-order valence-corrected chi connectivity index (χ2v) is 5.29. The summed E-state index contributed by atoms with van der Waals surface area (Å²) in [7, 11) is 0. The third kappa shape index (κ3) is 11.4. The quantitative estimate of drug-likeness (QED) is 0.396. The molecular weight excluding hydrogens is 318 g/mol. The van der Waals surface area contributed by atoms with Gasteiger partial charge in [-0.25, -0.2) is 0 Å². The SMILES string of the molecule is CCCCOC(=O)CN(CC(=O)OCCCC)C(=O)CCC(=O)O. The van der Waals surface area contributed by atoms with Crippen LogP contribution in [0.1, 0.15) is 52.4 Å². The molecular formula is C16H27NO7. The molecule has 0 aromatic heterocycles. The third-order valence-corrected chi connectivity index (χ3v) is 3.07. The van der Waals surface area contributed by atoms with E-state index in [9.17, 15) is 19.2 Å². The molecule has 0 aromatic carbocycles. The fourth-order valence-electron chi connectivity index (χ4n) is 1.67. The van der Waals surface area contributed by atoms with Crippen LogP contribution in [0.3, 0.4) is 0 Å². The highest BCUT2D eigenvalue weighted by Crippen LogP contribution is 2.02. The molecule has 0 aliphatic rings. The summed E-state index contributed by atoms with van der Waals surface area (Å²) < 4.78 is 9.94. The Labute approximate surface area is 142 Å². The normalized spacial score (nSPS) is 10.1. The average Bonchev–Trinajstić information content (AvgIpc) is 2.52. The molecule has 138 valence electrons. The van der Waals surface area contributed by atoms with E-state index in [2.05, 4.69) is 0 Å². The van der Waals surface area contributed by atoms with Gasteiger partial charge in [0.2, 0.25) is 5.91 Å². The van der Waals surface area contributed by atoms with Crippen LogP contribution >= 0.6 is 0 Å². The van der Waals surface area contributed by atoms with E-state index in [1.807, 2.05) is 13.8 Å². The lowest BCUT2D eigenvalue weighted by Crippen LogP contribution is -2.40. The number of carboxylic acid groups (broad SMARTS) is 1. The monoisotopic (exact) mass is 345 g/mol. The number of aliphatic carboxylic acids is 1. The number of carbonyl (C=O) groups excluding carboxylic acids is 3. The van der Waals surface area contributed by atoms with E-state index in [1.54, 1.807) is 0 Å². The van der Waals surface area contributed by atoms with Gasteiger partial charge in [-0.2, -0.15) is 0 Å². The highest BCUT2D eigenvalue weighted by Gasteiger charge is 2.22. The molecule has 0 unspecified atom stereocenters. The van der Waals surface area contributed by atoms with Crippen molar-refractivity contribution in [2.75, 3.05) is 26.3 Å². The van der Waals surface area contributed by atoms with E-state index >= 15 is 0 Å². The van der Waals surface area contributed by atoms with Crippen LogP contribution in [-0.2, 0) is 28.7 Å². The summed E-state index contributed by atoms with van der Waals surface area (Å²) in [6.45, 7) is 3.58. The molecule has 0 saturated carbocycles. The Hall–Kier alpha value is -2.12. The number of nitrogens with zero attached hydrogens (tertiary/aromatic N) is 1. The number of amides is 1. The van der Waals surface area contributed by atoms with Crippen molar-refractivity contribution in [2.24, 2.45) is 0 Å². The van der Waals surface area contributed by atoms with Gasteiger partial charge in [0.15, 0.2) is 0 Å². The number of rotatable bonds is 13. The Morgan fingerprint density at radius 3 is 1.67 bits per heavy atom. The van der Waals surface area contributed by atoms with Crippen molar-refractivity contribution < 1.29 is 33.8 Å². The molecule has 0 radical (unpaired) electrons. The van der Waals surface area contributed by atoms with Gasteiger partial charge in [0.25, 0.3) is 0 Å². The fourth-order valence-corrected chi connectivity index (χ4v) is 1.67. The van der Waals surface area contributed by atoms with Gasteiger partial charge in [-0.3, -0.25) is 19.2 Å². The molecule has 0 atom stereocenters. The Kier molecular flexibility index (Phi) is 12.2. The lowest BCUT2D eigenvalue weighted by Gasteiger charge is -2.20. The lowest BCUT2D eigenvalue weighted by atomic mass is 10.2. The number of carbonyl (C=O) groups is 4. The first-order valence-electron chi connectivity index (χ1n) is 8.21. The summed E-state index contributed by atoms with van der Waals surface area (Å²) in [6.07, 6.45) is 2.47. The van der Waals surface area contributed by atoms with Gasteiger partial charge < -0.3 is 19.5 Å². The number of hydrogen-bond acceptors (Lipinski definition) is 6. The summed E-state index contributed by atoms with van der Waals surface area (Å²) in [5.41, 5.74) is 0. The van der Waals surface area contributed by atoms with Crippen molar-refractivity contribution in [1.82, 2.24) is 4.90 Å². The molecule has 8 heteroatoms. The van der Waals surface area contributed by atoms with E-state index < -0.39 is 36.9 Å². The summed E-state index contributed by atoms with van der Waals surface area (Å²) in [5.74, 6) is -2.99. The van der Waals surface area contributed by atoms with Gasteiger partial charge in [0.05, 0.1) is 19.6 Å². The van der Waals surface area contributed by atoms with Gasteiger partial charge in [-0.05, 0) is 12.8 Å². The molecule has 0 rings (SSSR count). The van der Waals surface area contributed by atoms with Crippen LogP contribution in [0.4, 0.5) is 0 Å². The Morgan fingerprint density at radius 1 is 0.833 bits per heavy atom. The van der Waals surface area contributed by atoms with E-state index in [4.69, 9.17) is 14.6 Å². The van der Waals surface area contributed by atoms with Crippen molar-refractivity contribution in [2.45, 2.75) is 52.4 Å². The molecule has 0 fully saturated rings. The van der Waals surface area contributed by atoms with Gasteiger partial charge in [-0.1, -0.05) is 26.7 Å². The Bertz CT molecular complexity index is 399. The molecule has 0 aliphatic heterocycles. The van der Waals surface area contributed by atoms with Crippen LogP contribution < -0.4 is 0 Å². The predicted octanol–water partition coefficient (Wildman–Crippen LogP) is 1.37. The molecule has 1 amide bonds. The summed E-state index contributed by atoms with van der Waals surface area (Å²) in [4.78, 5) is 47.0. The van der Waals surface area contributed by atoms with Crippen LogP contribution in [0.25, 0.3) is 0 Å². The van der Waals surface area contributed by atoms with E-state index in [0.717, 1.165) is 17.7 Å². The van der Waals surface area contributed by atoms with Gasteiger partial charge in [0.1, 0.15) is 13.1 Å². The maximum absolute atomic E-state index is 12.0. The predicted molar refractivity (Wildman–Crippen MR) is 85.2 cm³/mol. The molecule has 0 spiro atoms. The second-order valence-electron chi connectivity index (χ2n) is 5.29. The van der Waals surface area contributed by atoms with Crippen LogP contribution in [0, 0.1) is 0 Å². The standard InChI is InChI=1S/C16H27NO7/c1-3-5-9-23-15(21)11-17(13(18)7-8-14(19)20)12-16(22)24-10-6-4-2/h3-12H2,1-2H3,(H,19,20). The first-order valence-corrected chi connectivity index (χ1v) is 8.21. The number of ether oxygens (including phenoxy) is 2. The van der Waals surface area contributed by atoms with Crippen molar-refractivity contribution in [1.29, 1.82) is 0 Å². The summed E-state index contributed by atoms with van der Waals surface area (Å²) in [5, 5.41) is 8.64. The second kappa shape index (κ2) is 13.3. The van der Waals surface area contributed by atoms with Gasteiger partial charge in [-0.15, -0.1) is 0 Å². The zero-order valence-corrected chi connectivity index (χ0v) is 14.4. The molecule has 0 heterocycles. The zero-order chi connectivity index (χ0) is 18.4. The van der Waals surface area contributed by atoms with Crippen molar-refractivity contribution in [3.63, 3.8) is 0 Å². The minimum absolute atomic E-state index is 0.243. The summed E-state index contributed by atoms with van der Waals surface area (Å²) in [6, 6.07) is 0. The minimum Gasteiger partial charge on any atom is -0.481 e. The highest BCUT2D eigenvalue weighted by atomic mass is 16.5. The number of unbranched alkanes of at least 4 members (excludes halogenated alkanes) is 2. The molecule has 0 bridgehead atoms. The Morgan fingerprint density at radius 2 is 1.29 bits per heavy atom. The maximum atomic E-state index is 12.0. The molecule has 8 nitrogen and oxygen atoms in total. The number of esters is 2. The van der Waals surface area contributed by atoms with E-state index in [0.29, 0.717) is 12.8 Å². The zero-order valence-electron chi connectivity index (χ0n) is 14.4. The number of carboxylic acids is 1. The van der Waals surface area contributed by atoms with E-state index in [1.165, 1.54) is 0 Å². The average molecular weight is 345 g/mol. The highest BCUT2D eigenvalue weighted by molar-refractivity contribution is 5.87. The molecule has 0 aliphatic carbocycles. The van der Waals surface area contributed by atoms with Crippen LogP contribution in [0.2, 0.25) is 0 Å². The number of hydrogen-bond donors (Lipinski definition) is 1. The van der Waals surface area contributed by atoms with Crippen LogP contribution in [0.5, 0.6) is 0 Å². The lowest BCUT2D eigenvalue weighted by molar-refractivity contribution is -0.154. The van der Waals surface area contributed by atoms with Gasteiger partial charge >= 0.3 is 17.9 Å². The molecule has 0 aromatic rings.